The molecule has 0 atom stereocenters. The largest absolute Gasteiger partial charge is 0.497 e. The summed E-state index contributed by atoms with van der Waals surface area (Å²) < 4.78 is 10.4. The summed E-state index contributed by atoms with van der Waals surface area (Å²) in [5.41, 5.74) is 1.81. The molecule has 0 N–H and O–H groups in total. The average molecular weight is 359 g/mol. The Labute approximate surface area is 148 Å². The number of thiazole rings is 1. The van der Waals surface area contributed by atoms with Crippen LogP contribution in [0.3, 0.4) is 0 Å². The molecule has 4 nitrogen and oxygen atoms in total. The minimum absolute atomic E-state index is 0.302. The van der Waals surface area contributed by atoms with Crippen molar-refractivity contribution in [2.45, 2.75) is 13.8 Å². The van der Waals surface area contributed by atoms with Crippen molar-refractivity contribution in [3.8, 4) is 26.1 Å². The van der Waals surface area contributed by atoms with Crippen LogP contribution in [0.2, 0.25) is 0 Å². The fourth-order valence-electron chi connectivity index (χ4n) is 2.27. The van der Waals surface area contributed by atoms with Gasteiger partial charge in [-0.1, -0.05) is 12.1 Å². The SMILES string of the molecule is CCOC(=O)c1sc(-c2ccc(-c3cccc(OC)c3)s2)nc1C. The first-order valence-electron chi connectivity index (χ1n) is 7.51. The van der Waals surface area contributed by atoms with Crippen LogP contribution in [0.5, 0.6) is 5.75 Å². The molecular weight excluding hydrogens is 342 g/mol. The van der Waals surface area contributed by atoms with E-state index in [2.05, 4.69) is 17.1 Å². The Kier molecular flexibility index (Phi) is 4.97. The van der Waals surface area contributed by atoms with E-state index in [0.717, 1.165) is 26.1 Å². The van der Waals surface area contributed by atoms with Gasteiger partial charge in [0.1, 0.15) is 15.6 Å². The molecule has 0 fully saturated rings. The standard InChI is InChI=1S/C18H17NO3S2/c1-4-22-18(20)16-11(2)19-17(24-16)15-9-8-14(23-15)12-6-5-7-13(10-12)21-3/h5-10H,4H2,1-3H3. The van der Waals surface area contributed by atoms with Gasteiger partial charge in [0.05, 0.1) is 24.3 Å². The second-order valence-electron chi connectivity index (χ2n) is 5.05. The summed E-state index contributed by atoms with van der Waals surface area (Å²) in [6.07, 6.45) is 0. The van der Waals surface area contributed by atoms with E-state index in [1.165, 1.54) is 11.3 Å². The van der Waals surface area contributed by atoms with Crippen molar-refractivity contribution in [2.75, 3.05) is 13.7 Å². The van der Waals surface area contributed by atoms with Gasteiger partial charge in [0, 0.05) is 4.88 Å². The van der Waals surface area contributed by atoms with Crippen LogP contribution in [0.15, 0.2) is 36.4 Å². The van der Waals surface area contributed by atoms with Gasteiger partial charge in [-0.15, -0.1) is 22.7 Å². The van der Waals surface area contributed by atoms with E-state index in [9.17, 15) is 4.79 Å². The van der Waals surface area contributed by atoms with Crippen LogP contribution in [-0.2, 0) is 4.74 Å². The molecule has 1 aromatic carbocycles. The van der Waals surface area contributed by atoms with Gasteiger partial charge in [-0.2, -0.15) is 0 Å². The number of nitrogens with zero attached hydrogens (tertiary/aromatic N) is 1. The lowest BCUT2D eigenvalue weighted by molar-refractivity contribution is 0.0531. The number of hydrogen-bond donors (Lipinski definition) is 0. The van der Waals surface area contributed by atoms with Crippen molar-refractivity contribution >= 4 is 28.6 Å². The van der Waals surface area contributed by atoms with Crippen molar-refractivity contribution in [1.29, 1.82) is 0 Å². The molecule has 0 saturated heterocycles. The molecule has 0 unspecified atom stereocenters. The zero-order valence-electron chi connectivity index (χ0n) is 13.7. The van der Waals surface area contributed by atoms with Crippen LogP contribution in [0.25, 0.3) is 20.3 Å². The Balaban J connectivity index is 1.90. The fraction of sp³-hybridized carbons (Fsp3) is 0.222. The second-order valence-corrected chi connectivity index (χ2v) is 7.13. The van der Waals surface area contributed by atoms with Gasteiger partial charge in [0.15, 0.2) is 0 Å². The number of carbonyl (C=O) groups excluding carboxylic acids is 1. The van der Waals surface area contributed by atoms with E-state index in [4.69, 9.17) is 9.47 Å². The first-order chi connectivity index (χ1) is 11.6. The highest BCUT2D eigenvalue weighted by Crippen LogP contribution is 2.38. The number of aryl methyl sites for hydroxylation is 1. The normalized spacial score (nSPS) is 10.6. The summed E-state index contributed by atoms with van der Waals surface area (Å²) in [5, 5.41) is 0.842. The van der Waals surface area contributed by atoms with Crippen molar-refractivity contribution in [1.82, 2.24) is 4.98 Å². The Morgan fingerprint density at radius 3 is 2.71 bits per heavy atom. The first-order valence-corrected chi connectivity index (χ1v) is 9.15. The third-order valence-corrected chi connectivity index (χ3v) is 5.87. The maximum Gasteiger partial charge on any atom is 0.350 e. The lowest BCUT2D eigenvalue weighted by Crippen LogP contribution is -2.03. The van der Waals surface area contributed by atoms with E-state index in [1.54, 1.807) is 25.4 Å². The van der Waals surface area contributed by atoms with E-state index in [0.29, 0.717) is 17.2 Å². The Morgan fingerprint density at radius 1 is 1.17 bits per heavy atom. The number of benzene rings is 1. The molecule has 0 radical (unpaired) electrons. The summed E-state index contributed by atoms with van der Waals surface area (Å²) in [4.78, 5) is 19.2. The van der Waals surface area contributed by atoms with Gasteiger partial charge in [0.25, 0.3) is 0 Å². The van der Waals surface area contributed by atoms with Crippen LogP contribution in [0.4, 0.5) is 0 Å². The molecule has 24 heavy (non-hydrogen) atoms. The molecule has 0 amide bonds. The monoisotopic (exact) mass is 359 g/mol. The molecule has 3 aromatic rings. The smallest absolute Gasteiger partial charge is 0.350 e. The predicted octanol–water partition coefficient (Wildman–Crippen LogP) is 5.03. The summed E-state index contributed by atoms with van der Waals surface area (Å²) >= 11 is 3.02. The quantitative estimate of drug-likeness (QED) is 0.599. The van der Waals surface area contributed by atoms with Gasteiger partial charge >= 0.3 is 5.97 Å². The molecule has 0 saturated carbocycles. The van der Waals surface area contributed by atoms with Gasteiger partial charge in [0.2, 0.25) is 0 Å². The molecule has 6 heteroatoms. The van der Waals surface area contributed by atoms with Gasteiger partial charge in [-0.25, -0.2) is 9.78 Å². The Hall–Kier alpha value is -2.18. The number of rotatable bonds is 5. The molecule has 0 aliphatic carbocycles. The minimum Gasteiger partial charge on any atom is -0.497 e. The number of esters is 1. The first kappa shape index (κ1) is 16.7. The number of aromatic nitrogens is 1. The highest BCUT2D eigenvalue weighted by molar-refractivity contribution is 7.24. The number of hydrogen-bond acceptors (Lipinski definition) is 6. The zero-order valence-corrected chi connectivity index (χ0v) is 15.3. The third kappa shape index (κ3) is 3.34. The van der Waals surface area contributed by atoms with Gasteiger partial charge in [-0.3, -0.25) is 0 Å². The summed E-state index contributed by atoms with van der Waals surface area (Å²) in [5.74, 6) is 0.528. The Bertz CT molecular complexity index is 867. The highest BCUT2D eigenvalue weighted by Gasteiger charge is 2.18. The number of carbonyl (C=O) groups is 1. The fourth-order valence-corrected chi connectivity index (χ4v) is 4.29. The highest BCUT2D eigenvalue weighted by atomic mass is 32.1. The minimum atomic E-state index is -0.302. The summed E-state index contributed by atoms with van der Waals surface area (Å²) in [6, 6.07) is 12.1. The second kappa shape index (κ2) is 7.15. The summed E-state index contributed by atoms with van der Waals surface area (Å²) in [6.45, 7) is 4.00. The van der Waals surface area contributed by atoms with Crippen molar-refractivity contribution in [2.24, 2.45) is 0 Å². The summed E-state index contributed by atoms with van der Waals surface area (Å²) in [7, 11) is 1.66. The zero-order chi connectivity index (χ0) is 17.1. The van der Waals surface area contributed by atoms with Crippen LogP contribution in [0.1, 0.15) is 22.3 Å². The molecule has 0 bridgehead atoms. The Morgan fingerprint density at radius 2 is 1.96 bits per heavy atom. The van der Waals surface area contributed by atoms with E-state index < -0.39 is 0 Å². The van der Waals surface area contributed by atoms with E-state index in [-0.39, 0.29) is 5.97 Å². The molecule has 0 spiro atoms. The molecule has 2 aromatic heterocycles. The molecule has 3 rings (SSSR count). The lowest BCUT2D eigenvalue weighted by Gasteiger charge is -2.01. The number of ether oxygens (including phenoxy) is 2. The van der Waals surface area contributed by atoms with Crippen molar-refractivity contribution < 1.29 is 14.3 Å². The predicted molar refractivity (Wildman–Crippen MR) is 98.1 cm³/mol. The van der Waals surface area contributed by atoms with Crippen LogP contribution < -0.4 is 4.74 Å². The maximum absolute atomic E-state index is 11.9. The molecular formula is C18H17NO3S2. The van der Waals surface area contributed by atoms with E-state index >= 15 is 0 Å². The van der Waals surface area contributed by atoms with Crippen molar-refractivity contribution in [3.05, 3.63) is 47.0 Å². The third-order valence-electron chi connectivity index (χ3n) is 3.43. The molecule has 124 valence electrons. The maximum atomic E-state index is 11.9. The molecule has 0 aliphatic rings. The van der Waals surface area contributed by atoms with Gasteiger partial charge in [-0.05, 0) is 43.7 Å². The van der Waals surface area contributed by atoms with Gasteiger partial charge < -0.3 is 9.47 Å². The van der Waals surface area contributed by atoms with Crippen molar-refractivity contribution in [3.63, 3.8) is 0 Å². The number of methoxy groups -OCH3 is 1. The van der Waals surface area contributed by atoms with Crippen LogP contribution in [-0.4, -0.2) is 24.7 Å². The topological polar surface area (TPSA) is 48.4 Å². The molecule has 2 heterocycles. The van der Waals surface area contributed by atoms with E-state index in [1.807, 2.05) is 31.2 Å². The number of thiophene rings is 1. The van der Waals surface area contributed by atoms with Crippen LogP contribution in [0, 0.1) is 6.92 Å². The average Bonchev–Trinajstić information content (AvgIpc) is 3.22. The lowest BCUT2D eigenvalue weighted by atomic mass is 10.2. The van der Waals surface area contributed by atoms with Crippen LogP contribution >= 0.6 is 22.7 Å². The molecule has 0 aliphatic heterocycles.